The van der Waals surface area contributed by atoms with E-state index in [1.54, 1.807) is 0 Å². The second kappa shape index (κ2) is 5.57. The zero-order valence-corrected chi connectivity index (χ0v) is 12.1. The topological polar surface area (TPSA) is 38.0 Å². The molecule has 0 spiro atoms. The standard InChI is InChI=1S/C16H22N2O/c1-5-15-11(2)17-18(12(15)3)13(4)16(19)14-9-7-6-8-10-14/h6-10,13,16,19H,5H2,1-4H3. The van der Waals surface area contributed by atoms with Gasteiger partial charge in [0.25, 0.3) is 0 Å². The summed E-state index contributed by atoms with van der Waals surface area (Å²) in [5, 5.41) is 15.1. The van der Waals surface area contributed by atoms with E-state index in [0.29, 0.717) is 0 Å². The first-order chi connectivity index (χ1) is 9.06. The second-order valence-electron chi connectivity index (χ2n) is 5.04. The molecule has 3 heteroatoms. The smallest absolute Gasteiger partial charge is 0.101 e. The first kappa shape index (κ1) is 13.8. The molecule has 2 unspecified atom stereocenters. The molecule has 0 bridgehead atoms. The van der Waals surface area contributed by atoms with Crippen LogP contribution in [0.1, 0.15) is 48.5 Å². The molecule has 0 amide bonds. The molecule has 0 radical (unpaired) electrons. The van der Waals surface area contributed by atoms with Crippen LogP contribution in [0.4, 0.5) is 0 Å². The van der Waals surface area contributed by atoms with Crippen molar-refractivity contribution in [3.8, 4) is 0 Å². The Hall–Kier alpha value is -1.61. The molecule has 0 aliphatic carbocycles. The molecule has 3 nitrogen and oxygen atoms in total. The minimum Gasteiger partial charge on any atom is -0.386 e. The maximum atomic E-state index is 10.5. The van der Waals surface area contributed by atoms with Crippen LogP contribution < -0.4 is 0 Å². The zero-order chi connectivity index (χ0) is 14.0. The van der Waals surface area contributed by atoms with Crippen LogP contribution in [0.15, 0.2) is 30.3 Å². The van der Waals surface area contributed by atoms with Crippen molar-refractivity contribution in [3.63, 3.8) is 0 Å². The SMILES string of the molecule is CCc1c(C)nn(C(C)C(O)c2ccccc2)c1C. The third-order valence-electron chi connectivity index (χ3n) is 3.81. The van der Waals surface area contributed by atoms with Crippen LogP contribution >= 0.6 is 0 Å². The molecular weight excluding hydrogens is 236 g/mol. The molecule has 19 heavy (non-hydrogen) atoms. The van der Waals surface area contributed by atoms with Crippen molar-refractivity contribution in [3.05, 3.63) is 52.8 Å². The summed E-state index contributed by atoms with van der Waals surface area (Å²) >= 11 is 0. The number of aromatic nitrogens is 2. The molecule has 0 saturated carbocycles. The molecule has 0 aliphatic rings. The quantitative estimate of drug-likeness (QED) is 0.913. The van der Waals surface area contributed by atoms with E-state index in [1.165, 1.54) is 5.56 Å². The molecule has 1 aromatic carbocycles. The summed E-state index contributed by atoms with van der Waals surface area (Å²) < 4.78 is 1.95. The Kier molecular flexibility index (Phi) is 4.05. The van der Waals surface area contributed by atoms with Crippen LogP contribution in [0.3, 0.4) is 0 Å². The minimum atomic E-state index is -0.538. The molecular formula is C16H22N2O. The molecule has 1 N–H and O–H groups in total. The number of hydrogen-bond donors (Lipinski definition) is 1. The lowest BCUT2D eigenvalue weighted by Gasteiger charge is -2.21. The van der Waals surface area contributed by atoms with E-state index in [-0.39, 0.29) is 6.04 Å². The predicted octanol–water partition coefficient (Wildman–Crippen LogP) is 3.36. The summed E-state index contributed by atoms with van der Waals surface area (Å²) in [5.74, 6) is 0. The Labute approximate surface area is 114 Å². The fraction of sp³-hybridized carbons (Fsp3) is 0.438. The van der Waals surface area contributed by atoms with Gasteiger partial charge < -0.3 is 5.11 Å². The van der Waals surface area contributed by atoms with Gasteiger partial charge in [0.1, 0.15) is 6.10 Å². The van der Waals surface area contributed by atoms with Crippen molar-refractivity contribution in [2.75, 3.05) is 0 Å². The Morgan fingerprint density at radius 2 is 1.84 bits per heavy atom. The predicted molar refractivity (Wildman–Crippen MR) is 77.2 cm³/mol. The lowest BCUT2D eigenvalue weighted by molar-refractivity contribution is 0.114. The molecule has 1 aromatic heterocycles. The summed E-state index contributed by atoms with van der Waals surface area (Å²) in [6, 6.07) is 9.69. The molecule has 2 atom stereocenters. The molecule has 0 saturated heterocycles. The fourth-order valence-corrected chi connectivity index (χ4v) is 2.67. The number of nitrogens with zero attached hydrogens (tertiary/aromatic N) is 2. The van der Waals surface area contributed by atoms with Gasteiger partial charge in [-0.1, -0.05) is 37.3 Å². The van der Waals surface area contributed by atoms with E-state index in [1.807, 2.05) is 48.9 Å². The number of aliphatic hydroxyl groups is 1. The van der Waals surface area contributed by atoms with Crippen LogP contribution in [0, 0.1) is 13.8 Å². The molecule has 2 rings (SSSR count). The highest BCUT2D eigenvalue weighted by Gasteiger charge is 2.22. The molecule has 0 fully saturated rings. The summed E-state index contributed by atoms with van der Waals surface area (Å²) in [7, 11) is 0. The summed E-state index contributed by atoms with van der Waals surface area (Å²) in [5.41, 5.74) is 4.43. The lowest BCUT2D eigenvalue weighted by Crippen LogP contribution is -2.17. The lowest BCUT2D eigenvalue weighted by atomic mass is 10.0. The van der Waals surface area contributed by atoms with Crippen molar-refractivity contribution in [2.45, 2.75) is 46.3 Å². The van der Waals surface area contributed by atoms with Gasteiger partial charge in [-0.25, -0.2) is 0 Å². The van der Waals surface area contributed by atoms with E-state index in [9.17, 15) is 5.11 Å². The van der Waals surface area contributed by atoms with Gasteiger partial charge in [0.2, 0.25) is 0 Å². The van der Waals surface area contributed by atoms with Crippen molar-refractivity contribution >= 4 is 0 Å². The highest BCUT2D eigenvalue weighted by molar-refractivity contribution is 5.26. The van der Waals surface area contributed by atoms with E-state index in [4.69, 9.17) is 0 Å². The van der Waals surface area contributed by atoms with Crippen molar-refractivity contribution in [1.29, 1.82) is 0 Å². The number of rotatable bonds is 4. The van der Waals surface area contributed by atoms with Crippen LogP contribution in [0.2, 0.25) is 0 Å². The monoisotopic (exact) mass is 258 g/mol. The van der Waals surface area contributed by atoms with Crippen LogP contribution in [-0.4, -0.2) is 14.9 Å². The Balaban J connectivity index is 2.32. The zero-order valence-electron chi connectivity index (χ0n) is 12.1. The molecule has 1 heterocycles. The fourth-order valence-electron chi connectivity index (χ4n) is 2.67. The molecule has 102 valence electrons. The third kappa shape index (κ3) is 2.56. The van der Waals surface area contributed by atoms with Crippen molar-refractivity contribution in [1.82, 2.24) is 9.78 Å². The van der Waals surface area contributed by atoms with Gasteiger partial charge in [0, 0.05) is 5.69 Å². The van der Waals surface area contributed by atoms with Gasteiger partial charge in [-0.05, 0) is 38.3 Å². The van der Waals surface area contributed by atoms with Crippen LogP contribution in [-0.2, 0) is 6.42 Å². The van der Waals surface area contributed by atoms with Gasteiger partial charge in [-0.2, -0.15) is 5.10 Å². The molecule has 2 aromatic rings. The Morgan fingerprint density at radius 3 is 2.37 bits per heavy atom. The van der Waals surface area contributed by atoms with E-state index >= 15 is 0 Å². The maximum Gasteiger partial charge on any atom is 0.101 e. The largest absolute Gasteiger partial charge is 0.386 e. The first-order valence-corrected chi connectivity index (χ1v) is 6.83. The Morgan fingerprint density at radius 1 is 1.21 bits per heavy atom. The van der Waals surface area contributed by atoms with Crippen molar-refractivity contribution < 1.29 is 5.11 Å². The first-order valence-electron chi connectivity index (χ1n) is 6.83. The highest BCUT2D eigenvalue weighted by Crippen LogP contribution is 2.28. The van der Waals surface area contributed by atoms with Crippen molar-refractivity contribution in [2.24, 2.45) is 0 Å². The van der Waals surface area contributed by atoms with E-state index in [0.717, 1.165) is 23.4 Å². The van der Waals surface area contributed by atoms with Gasteiger partial charge in [0.05, 0.1) is 11.7 Å². The number of benzene rings is 1. The normalized spacial score (nSPS) is 14.4. The maximum absolute atomic E-state index is 10.5. The summed E-state index contributed by atoms with van der Waals surface area (Å²) in [4.78, 5) is 0. The van der Waals surface area contributed by atoms with Crippen LogP contribution in [0.25, 0.3) is 0 Å². The van der Waals surface area contributed by atoms with E-state index < -0.39 is 6.10 Å². The Bertz CT molecular complexity index is 545. The van der Waals surface area contributed by atoms with Gasteiger partial charge in [0.15, 0.2) is 0 Å². The van der Waals surface area contributed by atoms with Gasteiger partial charge in [-0.3, -0.25) is 4.68 Å². The second-order valence-corrected chi connectivity index (χ2v) is 5.04. The number of hydrogen-bond acceptors (Lipinski definition) is 2. The highest BCUT2D eigenvalue weighted by atomic mass is 16.3. The van der Waals surface area contributed by atoms with Crippen LogP contribution in [0.5, 0.6) is 0 Å². The van der Waals surface area contributed by atoms with E-state index in [2.05, 4.69) is 18.9 Å². The number of aryl methyl sites for hydroxylation is 1. The number of aliphatic hydroxyl groups excluding tert-OH is 1. The average molecular weight is 258 g/mol. The third-order valence-corrected chi connectivity index (χ3v) is 3.81. The minimum absolute atomic E-state index is 0.0681. The average Bonchev–Trinajstić information content (AvgIpc) is 2.72. The summed E-state index contributed by atoms with van der Waals surface area (Å²) in [6.07, 6.45) is 0.440. The van der Waals surface area contributed by atoms with Gasteiger partial charge >= 0.3 is 0 Å². The van der Waals surface area contributed by atoms with Gasteiger partial charge in [-0.15, -0.1) is 0 Å². The summed E-state index contributed by atoms with van der Waals surface area (Å²) in [6.45, 7) is 8.26. The molecule has 0 aliphatic heterocycles.